The van der Waals surface area contributed by atoms with Crippen molar-refractivity contribution >= 4 is 5.91 Å². The highest BCUT2D eigenvalue weighted by molar-refractivity contribution is 5.76. The molecular weight excluding hydrogens is 364 g/mol. The normalized spacial score (nSPS) is 24.1. The van der Waals surface area contributed by atoms with E-state index < -0.39 is 0 Å². The smallest absolute Gasteiger partial charge is 0.222 e. The minimum Gasteiger partial charge on any atom is -0.497 e. The molecule has 3 atom stereocenters. The van der Waals surface area contributed by atoms with Gasteiger partial charge in [0.1, 0.15) is 5.75 Å². The molecule has 0 spiro atoms. The van der Waals surface area contributed by atoms with E-state index in [0.717, 1.165) is 44.0 Å². The van der Waals surface area contributed by atoms with Gasteiger partial charge in [0.05, 0.1) is 26.2 Å². The molecular formula is C24H30N2O3. The Morgan fingerprint density at radius 3 is 2.69 bits per heavy atom. The number of fused-ring (bicyclic) bond motifs is 1. The van der Waals surface area contributed by atoms with E-state index in [1.54, 1.807) is 7.11 Å². The summed E-state index contributed by atoms with van der Waals surface area (Å²) in [6.45, 7) is 4.39. The largest absolute Gasteiger partial charge is 0.497 e. The summed E-state index contributed by atoms with van der Waals surface area (Å²) in [5.41, 5.74) is 2.43. The maximum atomic E-state index is 12.4. The van der Waals surface area contributed by atoms with Gasteiger partial charge in [-0.1, -0.05) is 42.5 Å². The number of benzene rings is 2. The van der Waals surface area contributed by atoms with E-state index in [-0.39, 0.29) is 12.0 Å². The van der Waals surface area contributed by atoms with E-state index in [0.29, 0.717) is 24.8 Å². The van der Waals surface area contributed by atoms with Crippen molar-refractivity contribution < 1.29 is 14.3 Å². The summed E-state index contributed by atoms with van der Waals surface area (Å²) in [5.74, 6) is 1.99. The van der Waals surface area contributed by atoms with Crippen molar-refractivity contribution in [2.45, 2.75) is 32.0 Å². The molecule has 5 heteroatoms. The van der Waals surface area contributed by atoms with Crippen molar-refractivity contribution in [2.75, 3.05) is 26.8 Å². The first-order valence-corrected chi connectivity index (χ1v) is 10.5. The molecule has 2 saturated heterocycles. The van der Waals surface area contributed by atoms with E-state index in [1.165, 1.54) is 5.56 Å². The predicted octanol–water partition coefficient (Wildman–Crippen LogP) is 3.24. The number of nitrogens with zero attached hydrogens (tertiary/aromatic N) is 1. The molecule has 0 radical (unpaired) electrons. The Bertz CT molecular complexity index is 794. The van der Waals surface area contributed by atoms with Crippen LogP contribution in [0.4, 0.5) is 0 Å². The Balaban J connectivity index is 1.24. The Hall–Kier alpha value is -2.37. The molecule has 0 bridgehead atoms. The summed E-state index contributed by atoms with van der Waals surface area (Å²) < 4.78 is 11.3. The van der Waals surface area contributed by atoms with E-state index in [4.69, 9.17) is 9.47 Å². The van der Waals surface area contributed by atoms with E-state index in [2.05, 4.69) is 22.3 Å². The SMILES string of the molecule is COc1ccc(CN2CC[C@@H]3[C@@H](CO[C@H]3CC(=O)NCc3ccccc3)C2)cc1. The van der Waals surface area contributed by atoms with Crippen molar-refractivity contribution in [3.05, 3.63) is 65.7 Å². The second kappa shape index (κ2) is 9.42. The minimum absolute atomic E-state index is 0.0545. The zero-order chi connectivity index (χ0) is 20.1. The maximum absolute atomic E-state index is 12.4. The first kappa shape index (κ1) is 19.9. The highest BCUT2D eigenvalue weighted by Gasteiger charge is 2.41. The molecule has 2 aromatic rings. The zero-order valence-electron chi connectivity index (χ0n) is 17.0. The Morgan fingerprint density at radius 2 is 1.93 bits per heavy atom. The topological polar surface area (TPSA) is 50.8 Å². The summed E-state index contributed by atoms with van der Waals surface area (Å²) in [6.07, 6.45) is 1.61. The highest BCUT2D eigenvalue weighted by Crippen LogP contribution is 2.36. The van der Waals surface area contributed by atoms with Gasteiger partial charge in [-0.25, -0.2) is 0 Å². The molecule has 2 aromatic carbocycles. The third-order valence-electron chi connectivity index (χ3n) is 6.16. The molecule has 0 saturated carbocycles. The molecule has 2 heterocycles. The van der Waals surface area contributed by atoms with E-state index in [1.807, 2.05) is 42.5 Å². The molecule has 2 aliphatic heterocycles. The van der Waals surface area contributed by atoms with Gasteiger partial charge in [-0.3, -0.25) is 9.69 Å². The van der Waals surface area contributed by atoms with Gasteiger partial charge in [0.2, 0.25) is 5.91 Å². The summed E-state index contributed by atoms with van der Waals surface area (Å²) in [4.78, 5) is 14.9. The van der Waals surface area contributed by atoms with Crippen molar-refractivity contribution in [1.82, 2.24) is 10.2 Å². The monoisotopic (exact) mass is 394 g/mol. The van der Waals surface area contributed by atoms with Gasteiger partial charge in [-0.2, -0.15) is 0 Å². The van der Waals surface area contributed by atoms with Crippen molar-refractivity contribution in [2.24, 2.45) is 11.8 Å². The second-order valence-electron chi connectivity index (χ2n) is 8.13. The summed E-state index contributed by atoms with van der Waals surface area (Å²) >= 11 is 0. The van der Waals surface area contributed by atoms with Crippen LogP contribution in [-0.4, -0.2) is 43.7 Å². The quantitative estimate of drug-likeness (QED) is 0.783. The third-order valence-corrected chi connectivity index (χ3v) is 6.16. The van der Waals surface area contributed by atoms with Gasteiger partial charge in [0.25, 0.3) is 0 Å². The van der Waals surface area contributed by atoms with Crippen LogP contribution >= 0.6 is 0 Å². The number of carbonyl (C=O) groups excluding carboxylic acids is 1. The number of hydrogen-bond donors (Lipinski definition) is 1. The van der Waals surface area contributed by atoms with Crippen molar-refractivity contribution in [3.63, 3.8) is 0 Å². The predicted molar refractivity (Wildman–Crippen MR) is 113 cm³/mol. The number of piperidine rings is 1. The molecule has 29 heavy (non-hydrogen) atoms. The second-order valence-corrected chi connectivity index (χ2v) is 8.13. The molecule has 5 nitrogen and oxygen atoms in total. The van der Waals surface area contributed by atoms with Crippen molar-refractivity contribution in [1.29, 1.82) is 0 Å². The van der Waals surface area contributed by atoms with Gasteiger partial charge >= 0.3 is 0 Å². The average molecular weight is 395 g/mol. The third kappa shape index (κ3) is 5.17. The molecule has 0 aliphatic carbocycles. The number of amides is 1. The first-order chi connectivity index (χ1) is 14.2. The number of methoxy groups -OCH3 is 1. The fourth-order valence-corrected chi connectivity index (χ4v) is 4.56. The molecule has 0 unspecified atom stereocenters. The van der Waals surface area contributed by atoms with Gasteiger partial charge in [0.15, 0.2) is 0 Å². The Kier molecular flexibility index (Phi) is 6.47. The minimum atomic E-state index is 0.0545. The number of carbonyl (C=O) groups is 1. The lowest BCUT2D eigenvalue weighted by atomic mass is 9.83. The van der Waals surface area contributed by atoms with Gasteiger partial charge < -0.3 is 14.8 Å². The average Bonchev–Trinajstić information content (AvgIpc) is 3.15. The lowest BCUT2D eigenvalue weighted by Crippen LogP contribution is -2.41. The standard InChI is InChI=1S/C24H30N2O3/c1-28-21-9-7-19(8-10-21)15-26-12-11-22-20(16-26)17-29-23(22)13-24(27)25-14-18-5-3-2-4-6-18/h2-10,20,22-23H,11-17H2,1H3,(H,25,27)/t20-,22-,23+/m1/s1. The van der Waals surface area contributed by atoms with Crippen LogP contribution in [0.5, 0.6) is 5.75 Å². The Morgan fingerprint density at radius 1 is 1.14 bits per heavy atom. The van der Waals surface area contributed by atoms with Crippen LogP contribution in [-0.2, 0) is 22.6 Å². The van der Waals surface area contributed by atoms with Crippen molar-refractivity contribution in [3.8, 4) is 5.75 Å². The number of likely N-dealkylation sites (tertiary alicyclic amines) is 1. The number of ether oxygens (including phenoxy) is 2. The highest BCUT2D eigenvalue weighted by atomic mass is 16.5. The molecule has 4 rings (SSSR count). The van der Waals surface area contributed by atoms with Gasteiger partial charge in [-0.15, -0.1) is 0 Å². The van der Waals surface area contributed by atoms with E-state index >= 15 is 0 Å². The molecule has 2 fully saturated rings. The number of nitrogens with one attached hydrogen (secondary N) is 1. The summed E-state index contributed by atoms with van der Waals surface area (Å²) in [5, 5.41) is 3.03. The molecule has 1 amide bonds. The first-order valence-electron chi connectivity index (χ1n) is 10.5. The van der Waals surface area contributed by atoms with Crippen LogP contribution in [0, 0.1) is 11.8 Å². The lowest BCUT2D eigenvalue weighted by Gasteiger charge is -2.35. The maximum Gasteiger partial charge on any atom is 0.222 e. The van der Waals surface area contributed by atoms with Crippen LogP contribution in [0.25, 0.3) is 0 Å². The summed E-state index contributed by atoms with van der Waals surface area (Å²) in [7, 11) is 1.69. The molecule has 154 valence electrons. The lowest BCUT2D eigenvalue weighted by molar-refractivity contribution is -0.124. The summed E-state index contributed by atoms with van der Waals surface area (Å²) in [6, 6.07) is 18.3. The van der Waals surface area contributed by atoms with Crippen LogP contribution in [0.2, 0.25) is 0 Å². The zero-order valence-corrected chi connectivity index (χ0v) is 17.0. The van der Waals surface area contributed by atoms with Crippen LogP contribution in [0.3, 0.4) is 0 Å². The Labute approximate surface area is 173 Å². The van der Waals surface area contributed by atoms with Crippen LogP contribution in [0.1, 0.15) is 24.0 Å². The molecule has 0 aromatic heterocycles. The van der Waals surface area contributed by atoms with E-state index in [9.17, 15) is 4.79 Å². The number of hydrogen-bond acceptors (Lipinski definition) is 4. The van der Waals surface area contributed by atoms with Crippen LogP contribution in [0.15, 0.2) is 54.6 Å². The fourth-order valence-electron chi connectivity index (χ4n) is 4.56. The van der Waals surface area contributed by atoms with Crippen LogP contribution < -0.4 is 10.1 Å². The van der Waals surface area contributed by atoms with Gasteiger partial charge in [0, 0.05) is 25.6 Å². The molecule has 1 N–H and O–H groups in total. The fraction of sp³-hybridized carbons (Fsp3) is 0.458. The number of rotatable bonds is 7. The molecule has 2 aliphatic rings. The van der Waals surface area contributed by atoms with Gasteiger partial charge in [-0.05, 0) is 42.1 Å².